The monoisotopic (exact) mass is 496 g/mol. The number of nitrogens with one attached hydrogen (secondary N) is 1. The van der Waals surface area contributed by atoms with Crippen molar-refractivity contribution in [3.05, 3.63) is 94.0 Å². The summed E-state index contributed by atoms with van der Waals surface area (Å²) < 4.78 is 31.2. The van der Waals surface area contributed by atoms with E-state index in [1.165, 1.54) is 24.3 Å². The van der Waals surface area contributed by atoms with Crippen LogP contribution in [-0.4, -0.2) is 14.3 Å². The second-order valence-corrected chi connectivity index (χ2v) is 8.89. The number of amides is 1. The highest BCUT2D eigenvalue weighted by molar-refractivity contribution is 9.10. The lowest BCUT2D eigenvalue weighted by atomic mass is 10.1. The van der Waals surface area contributed by atoms with Crippen LogP contribution in [0.25, 0.3) is 6.08 Å². The summed E-state index contributed by atoms with van der Waals surface area (Å²) in [4.78, 5) is 12.6. The molecule has 156 valence electrons. The fraction of sp³-hybridized carbons (Fsp3) is 0.0435. The molecule has 0 radical (unpaired) electrons. The number of anilines is 1. The number of hydrogen-bond acceptors (Lipinski definition) is 5. The number of aryl methyl sites for hydroxylation is 1. The van der Waals surface area contributed by atoms with Crippen LogP contribution < -0.4 is 9.50 Å². The molecule has 6 nitrogen and oxygen atoms in total. The van der Waals surface area contributed by atoms with Gasteiger partial charge < -0.3 is 9.50 Å². The van der Waals surface area contributed by atoms with Gasteiger partial charge in [0.05, 0.1) is 5.69 Å². The first-order valence-corrected chi connectivity index (χ1v) is 11.3. The van der Waals surface area contributed by atoms with Gasteiger partial charge in [0.25, 0.3) is 5.91 Å². The summed E-state index contributed by atoms with van der Waals surface area (Å²) in [6, 6.07) is 21.3. The summed E-state index contributed by atoms with van der Waals surface area (Å²) in [5, 5.41) is 12.1. The Hall–Kier alpha value is -3.41. The van der Waals surface area contributed by atoms with Gasteiger partial charge in [-0.15, -0.1) is 0 Å². The van der Waals surface area contributed by atoms with Crippen molar-refractivity contribution in [3.63, 3.8) is 0 Å². The van der Waals surface area contributed by atoms with Crippen LogP contribution in [0.2, 0.25) is 0 Å². The Balaban J connectivity index is 1.90. The Labute approximate surface area is 189 Å². The van der Waals surface area contributed by atoms with E-state index in [0.717, 1.165) is 5.56 Å². The summed E-state index contributed by atoms with van der Waals surface area (Å²) in [6.07, 6.45) is 1.28. The first-order chi connectivity index (χ1) is 14.8. The molecule has 1 N–H and O–H groups in total. The van der Waals surface area contributed by atoms with Crippen LogP contribution in [0.3, 0.4) is 0 Å². The van der Waals surface area contributed by atoms with Crippen molar-refractivity contribution in [1.29, 1.82) is 5.26 Å². The molecule has 3 aromatic carbocycles. The summed E-state index contributed by atoms with van der Waals surface area (Å²) in [5.74, 6) is -0.630. The molecule has 0 unspecified atom stereocenters. The highest BCUT2D eigenvalue weighted by Gasteiger charge is 2.19. The van der Waals surface area contributed by atoms with Crippen LogP contribution in [0.5, 0.6) is 5.75 Å². The molecule has 31 heavy (non-hydrogen) atoms. The van der Waals surface area contributed by atoms with Crippen molar-refractivity contribution in [2.45, 2.75) is 11.8 Å². The zero-order valence-corrected chi connectivity index (χ0v) is 18.8. The third kappa shape index (κ3) is 5.60. The maximum atomic E-state index is 12.6. The van der Waals surface area contributed by atoms with Crippen LogP contribution in [0.1, 0.15) is 11.1 Å². The van der Waals surface area contributed by atoms with Crippen molar-refractivity contribution < 1.29 is 17.4 Å². The Bertz CT molecular complexity index is 1290. The van der Waals surface area contributed by atoms with Gasteiger partial charge >= 0.3 is 10.1 Å². The van der Waals surface area contributed by atoms with Crippen molar-refractivity contribution >= 4 is 43.7 Å². The minimum Gasteiger partial charge on any atom is -0.378 e. The van der Waals surface area contributed by atoms with E-state index >= 15 is 0 Å². The zero-order valence-electron chi connectivity index (χ0n) is 16.4. The van der Waals surface area contributed by atoms with E-state index in [1.807, 2.05) is 13.0 Å². The Morgan fingerprint density at radius 1 is 1.03 bits per heavy atom. The van der Waals surface area contributed by atoms with Crippen LogP contribution >= 0.6 is 15.9 Å². The standard InChI is InChI=1S/C23H17BrN2O4S/c1-16-10-12-19(13-11-16)31(28,29)30-22-9-5-2-6-17(22)14-18(15-25)23(27)26-21-8-4-3-7-20(21)24/h2-14H,1H3,(H,26,27)/b18-14+. The molecule has 0 aromatic heterocycles. The normalized spacial score (nSPS) is 11.5. The van der Waals surface area contributed by atoms with E-state index in [1.54, 1.807) is 54.6 Å². The molecular formula is C23H17BrN2O4S. The van der Waals surface area contributed by atoms with Crippen LogP contribution in [0, 0.1) is 18.3 Å². The maximum Gasteiger partial charge on any atom is 0.339 e. The Morgan fingerprint density at radius 3 is 2.35 bits per heavy atom. The number of hydrogen-bond donors (Lipinski definition) is 1. The van der Waals surface area contributed by atoms with Crippen molar-refractivity contribution in [2.24, 2.45) is 0 Å². The molecule has 0 atom stereocenters. The van der Waals surface area contributed by atoms with Crippen molar-refractivity contribution in [3.8, 4) is 11.8 Å². The highest BCUT2D eigenvalue weighted by Crippen LogP contribution is 2.26. The SMILES string of the molecule is Cc1ccc(S(=O)(=O)Oc2ccccc2/C=C(\C#N)C(=O)Nc2ccccc2Br)cc1. The topological polar surface area (TPSA) is 96.3 Å². The molecule has 3 rings (SSSR count). The van der Waals surface area contributed by atoms with Gasteiger partial charge in [0.2, 0.25) is 0 Å². The first kappa shape index (κ1) is 22.3. The summed E-state index contributed by atoms with van der Waals surface area (Å²) in [7, 11) is -4.09. The number of nitrogens with zero attached hydrogens (tertiary/aromatic N) is 1. The van der Waals surface area contributed by atoms with Crippen molar-refractivity contribution in [2.75, 3.05) is 5.32 Å². The minimum absolute atomic E-state index is 0.00376. The predicted molar refractivity (Wildman–Crippen MR) is 122 cm³/mol. The first-order valence-electron chi connectivity index (χ1n) is 9.08. The van der Waals surface area contributed by atoms with Gasteiger partial charge in [-0.2, -0.15) is 13.7 Å². The summed E-state index contributed by atoms with van der Waals surface area (Å²) in [6.45, 7) is 1.85. The minimum atomic E-state index is -4.09. The molecule has 0 bridgehead atoms. The molecule has 0 aliphatic carbocycles. The highest BCUT2D eigenvalue weighted by atomic mass is 79.9. The molecule has 0 saturated carbocycles. The van der Waals surface area contributed by atoms with Gasteiger partial charge in [0.15, 0.2) is 0 Å². The van der Waals surface area contributed by atoms with E-state index in [0.29, 0.717) is 10.2 Å². The Kier molecular flexibility index (Phi) is 6.90. The van der Waals surface area contributed by atoms with Gasteiger partial charge in [-0.25, -0.2) is 0 Å². The molecular weight excluding hydrogens is 480 g/mol. The van der Waals surface area contributed by atoms with Crippen LogP contribution in [-0.2, 0) is 14.9 Å². The smallest absolute Gasteiger partial charge is 0.339 e. The number of benzene rings is 3. The number of carbonyl (C=O) groups excluding carboxylic acids is 1. The average molecular weight is 497 g/mol. The number of nitriles is 1. The van der Waals surface area contributed by atoms with Gasteiger partial charge in [0, 0.05) is 10.0 Å². The fourth-order valence-electron chi connectivity index (χ4n) is 2.60. The van der Waals surface area contributed by atoms with Crippen LogP contribution in [0.4, 0.5) is 5.69 Å². The van der Waals surface area contributed by atoms with Gasteiger partial charge in [-0.05, 0) is 59.3 Å². The molecule has 3 aromatic rings. The largest absolute Gasteiger partial charge is 0.378 e. The van der Waals surface area contributed by atoms with E-state index in [9.17, 15) is 18.5 Å². The molecule has 0 saturated heterocycles. The maximum absolute atomic E-state index is 12.6. The molecule has 0 fully saturated rings. The lowest BCUT2D eigenvalue weighted by Crippen LogP contribution is -2.14. The molecule has 0 aliphatic rings. The lowest BCUT2D eigenvalue weighted by Gasteiger charge is -2.10. The number of rotatable bonds is 6. The van der Waals surface area contributed by atoms with Gasteiger partial charge in [0.1, 0.15) is 22.3 Å². The van der Waals surface area contributed by atoms with Gasteiger partial charge in [-0.3, -0.25) is 4.79 Å². The molecule has 0 spiro atoms. The second-order valence-electron chi connectivity index (χ2n) is 6.49. The van der Waals surface area contributed by atoms with E-state index in [2.05, 4.69) is 21.2 Å². The summed E-state index contributed by atoms with van der Waals surface area (Å²) in [5.41, 5.74) is 1.48. The molecule has 0 aliphatic heterocycles. The number of halogens is 1. The zero-order chi connectivity index (χ0) is 22.4. The number of carbonyl (C=O) groups is 1. The lowest BCUT2D eigenvalue weighted by molar-refractivity contribution is -0.112. The van der Waals surface area contributed by atoms with E-state index in [-0.39, 0.29) is 21.8 Å². The Morgan fingerprint density at radius 2 is 1.68 bits per heavy atom. The van der Waals surface area contributed by atoms with E-state index in [4.69, 9.17) is 4.18 Å². The van der Waals surface area contributed by atoms with Gasteiger partial charge in [-0.1, -0.05) is 48.0 Å². The average Bonchev–Trinajstić information content (AvgIpc) is 2.74. The fourth-order valence-corrected chi connectivity index (χ4v) is 3.94. The molecule has 1 amide bonds. The quantitative estimate of drug-likeness (QED) is 0.292. The predicted octanol–water partition coefficient (Wildman–Crippen LogP) is 5.07. The third-order valence-corrected chi connectivity index (χ3v) is 6.16. The molecule has 0 heterocycles. The number of para-hydroxylation sites is 2. The molecule has 8 heteroatoms. The van der Waals surface area contributed by atoms with E-state index < -0.39 is 16.0 Å². The third-order valence-electron chi connectivity index (χ3n) is 4.22. The summed E-state index contributed by atoms with van der Waals surface area (Å²) >= 11 is 3.33. The van der Waals surface area contributed by atoms with Crippen molar-refractivity contribution in [1.82, 2.24) is 0 Å². The second kappa shape index (κ2) is 9.60. The van der Waals surface area contributed by atoms with Crippen LogP contribution in [0.15, 0.2) is 87.7 Å².